The van der Waals surface area contributed by atoms with Crippen LogP contribution in [0.15, 0.2) is 47.4 Å². The zero-order valence-electron chi connectivity index (χ0n) is 15.0. The number of benzene rings is 2. The van der Waals surface area contributed by atoms with E-state index < -0.39 is 0 Å². The van der Waals surface area contributed by atoms with Crippen LogP contribution >= 0.6 is 24.0 Å². The molecule has 0 bridgehead atoms. The molecule has 0 atom stereocenters. The molecule has 140 valence electrons. The van der Waals surface area contributed by atoms with Crippen molar-refractivity contribution in [2.45, 2.75) is 13.8 Å². The number of rotatable bonds is 5. The van der Waals surface area contributed by atoms with E-state index in [1.165, 1.54) is 28.8 Å². The Bertz CT molecular complexity index is 906. The lowest BCUT2D eigenvalue weighted by molar-refractivity contribution is -0.113. The highest BCUT2D eigenvalue weighted by molar-refractivity contribution is 8.27. The first-order valence-corrected chi connectivity index (χ1v) is 9.82. The summed E-state index contributed by atoms with van der Waals surface area (Å²) in [5, 5.41) is 19.0. The van der Waals surface area contributed by atoms with Gasteiger partial charge in [-0.2, -0.15) is 0 Å². The molecule has 1 amide bonds. The molecule has 7 heteroatoms. The average Bonchev–Trinajstić information content (AvgIpc) is 2.93. The summed E-state index contributed by atoms with van der Waals surface area (Å²) >= 11 is 6.61. The Morgan fingerprint density at radius 2 is 1.74 bits per heavy atom. The van der Waals surface area contributed by atoms with E-state index in [0.29, 0.717) is 14.8 Å². The van der Waals surface area contributed by atoms with Crippen molar-refractivity contribution in [3.63, 3.8) is 0 Å². The second-order valence-corrected chi connectivity index (χ2v) is 7.63. The van der Waals surface area contributed by atoms with Gasteiger partial charge >= 0.3 is 0 Å². The standard InChI is InChI=1S/C20H20N2O3S2/c1-3-21(4-2)14-6-8-15(9-7-14)22-19(25)18(27-20(22)26)12-13-5-10-16(23)17(24)11-13/h5-12,23-24H,3-4H2,1-2H3/b18-12-. The van der Waals surface area contributed by atoms with Crippen LogP contribution in [0.2, 0.25) is 0 Å². The van der Waals surface area contributed by atoms with Crippen LogP contribution in [-0.4, -0.2) is 33.5 Å². The van der Waals surface area contributed by atoms with Gasteiger partial charge in [-0.3, -0.25) is 9.69 Å². The highest BCUT2D eigenvalue weighted by Crippen LogP contribution is 2.37. The van der Waals surface area contributed by atoms with Gasteiger partial charge in [-0.25, -0.2) is 0 Å². The number of carbonyl (C=O) groups excluding carboxylic acids is 1. The van der Waals surface area contributed by atoms with E-state index >= 15 is 0 Å². The zero-order valence-corrected chi connectivity index (χ0v) is 16.7. The summed E-state index contributed by atoms with van der Waals surface area (Å²) in [5.74, 6) is -0.632. The van der Waals surface area contributed by atoms with Crippen molar-refractivity contribution in [2.75, 3.05) is 22.9 Å². The van der Waals surface area contributed by atoms with Crippen LogP contribution < -0.4 is 9.80 Å². The molecule has 0 unspecified atom stereocenters. The quantitative estimate of drug-likeness (QED) is 0.442. The third-order valence-electron chi connectivity index (χ3n) is 4.33. The first-order valence-electron chi connectivity index (χ1n) is 8.59. The minimum atomic E-state index is -0.230. The Balaban J connectivity index is 1.85. The van der Waals surface area contributed by atoms with E-state index in [1.807, 2.05) is 24.3 Å². The lowest BCUT2D eigenvalue weighted by Gasteiger charge is -2.22. The summed E-state index contributed by atoms with van der Waals surface area (Å²) in [6.45, 7) is 6.04. The Morgan fingerprint density at radius 1 is 1.07 bits per heavy atom. The Hall–Kier alpha value is -2.51. The Kier molecular flexibility index (Phi) is 5.72. The largest absolute Gasteiger partial charge is 0.504 e. The van der Waals surface area contributed by atoms with Gasteiger partial charge in [-0.05, 0) is 61.9 Å². The van der Waals surface area contributed by atoms with E-state index in [-0.39, 0.29) is 17.4 Å². The molecule has 2 N–H and O–H groups in total. The number of amides is 1. The summed E-state index contributed by atoms with van der Waals surface area (Å²) in [6, 6.07) is 12.2. The van der Waals surface area contributed by atoms with Crippen LogP contribution in [0.4, 0.5) is 11.4 Å². The minimum absolute atomic E-state index is 0.201. The van der Waals surface area contributed by atoms with Gasteiger partial charge < -0.3 is 15.1 Å². The molecule has 1 saturated heterocycles. The summed E-state index contributed by atoms with van der Waals surface area (Å²) in [7, 11) is 0. The van der Waals surface area contributed by atoms with Crippen LogP contribution in [0.25, 0.3) is 6.08 Å². The smallest absolute Gasteiger partial charge is 0.270 e. The molecule has 0 radical (unpaired) electrons. The number of thiocarbonyl (C=S) groups is 1. The predicted octanol–water partition coefficient (Wildman–Crippen LogP) is 4.35. The Morgan fingerprint density at radius 3 is 2.33 bits per heavy atom. The fourth-order valence-corrected chi connectivity index (χ4v) is 4.17. The van der Waals surface area contributed by atoms with Gasteiger partial charge in [0.2, 0.25) is 0 Å². The third-order valence-corrected chi connectivity index (χ3v) is 5.63. The number of carbonyl (C=O) groups is 1. The van der Waals surface area contributed by atoms with Crippen LogP contribution in [0, 0.1) is 0 Å². The molecule has 0 aliphatic carbocycles. The maximum absolute atomic E-state index is 12.8. The third kappa shape index (κ3) is 3.94. The predicted molar refractivity (Wildman–Crippen MR) is 115 cm³/mol. The number of anilines is 2. The number of thioether (sulfide) groups is 1. The molecule has 0 aromatic heterocycles. The van der Waals surface area contributed by atoms with Crippen LogP contribution in [0.1, 0.15) is 19.4 Å². The van der Waals surface area contributed by atoms with Crippen molar-refractivity contribution in [1.82, 2.24) is 0 Å². The fourth-order valence-electron chi connectivity index (χ4n) is 2.87. The summed E-state index contributed by atoms with van der Waals surface area (Å²) in [6.07, 6.45) is 1.66. The fraction of sp³-hybridized carbons (Fsp3) is 0.200. The number of aromatic hydroxyl groups is 2. The maximum Gasteiger partial charge on any atom is 0.270 e. The van der Waals surface area contributed by atoms with Crippen molar-refractivity contribution in [2.24, 2.45) is 0 Å². The number of phenols is 2. The topological polar surface area (TPSA) is 64.0 Å². The molecule has 1 heterocycles. The van der Waals surface area contributed by atoms with Crippen molar-refractivity contribution < 1.29 is 15.0 Å². The number of phenolic OH excluding ortho intramolecular Hbond substituents is 2. The van der Waals surface area contributed by atoms with E-state index in [1.54, 1.807) is 12.1 Å². The van der Waals surface area contributed by atoms with Gasteiger partial charge in [-0.1, -0.05) is 30.0 Å². The second kappa shape index (κ2) is 8.02. The minimum Gasteiger partial charge on any atom is -0.504 e. The number of nitrogens with zero attached hydrogens (tertiary/aromatic N) is 2. The van der Waals surface area contributed by atoms with E-state index in [4.69, 9.17) is 12.2 Å². The van der Waals surface area contributed by atoms with Gasteiger partial charge in [-0.15, -0.1) is 0 Å². The first-order chi connectivity index (χ1) is 12.9. The SMILES string of the molecule is CCN(CC)c1ccc(N2C(=O)/C(=C/c3ccc(O)c(O)c3)SC2=S)cc1. The zero-order chi connectivity index (χ0) is 19.6. The van der Waals surface area contributed by atoms with Gasteiger partial charge in [0.15, 0.2) is 15.8 Å². The molecule has 0 saturated carbocycles. The summed E-state index contributed by atoms with van der Waals surface area (Å²) < 4.78 is 0.463. The van der Waals surface area contributed by atoms with Gasteiger partial charge in [0, 0.05) is 18.8 Å². The summed E-state index contributed by atoms with van der Waals surface area (Å²) in [5.41, 5.74) is 2.44. The highest BCUT2D eigenvalue weighted by atomic mass is 32.2. The van der Waals surface area contributed by atoms with Crippen molar-refractivity contribution in [1.29, 1.82) is 0 Å². The molecule has 0 spiro atoms. The molecule has 5 nitrogen and oxygen atoms in total. The molecule has 1 aliphatic heterocycles. The molecule has 2 aromatic carbocycles. The van der Waals surface area contributed by atoms with E-state index in [0.717, 1.165) is 24.5 Å². The van der Waals surface area contributed by atoms with Crippen LogP contribution in [0.5, 0.6) is 11.5 Å². The van der Waals surface area contributed by atoms with Crippen LogP contribution in [0.3, 0.4) is 0 Å². The number of hydrogen-bond acceptors (Lipinski definition) is 6. The maximum atomic E-state index is 12.8. The van der Waals surface area contributed by atoms with Crippen molar-refractivity contribution in [3.8, 4) is 11.5 Å². The van der Waals surface area contributed by atoms with Crippen molar-refractivity contribution in [3.05, 3.63) is 52.9 Å². The average molecular weight is 401 g/mol. The number of hydrogen-bond donors (Lipinski definition) is 2. The highest BCUT2D eigenvalue weighted by Gasteiger charge is 2.33. The lowest BCUT2D eigenvalue weighted by Crippen LogP contribution is -2.27. The normalized spacial score (nSPS) is 15.6. The molecule has 1 aliphatic rings. The van der Waals surface area contributed by atoms with E-state index in [2.05, 4.69) is 18.7 Å². The van der Waals surface area contributed by atoms with Gasteiger partial charge in [0.25, 0.3) is 5.91 Å². The van der Waals surface area contributed by atoms with Crippen molar-refractivity contribution >= 4 is 51.7 Å². The molecule has 3 rings (SSSR count). The van der Waals surface area contributed by atoms with Gasteiger partial charge in [0.05, 0.1) is 10.6 Å². The molecule has 27 heavy (non-hydrogen) atoms. The molecular weight excluding hydrogens is 380 g/mol. The lowest BCUT2D eigenvalue weighted by atomic mass is 10.2. The summed E-state index contributed by atoms with van der Waals surface area (Å²) in [4.78, 5) is 17.0. The second-order valence-electron chi connectivity index (χ2n) is 5.95. The van der Waals surface area contributed by atoms with Crippen LogP contribution in [-0.2, 0) is 4.79 Å². The molecule has 2 aromatic rings. The first kappa shape index (κ1) is 19.3. The van der Waals surface area contributed by atoms with E-state index in [9.17, 15) is 15.0 Å². The Labute approximate surface area is 167 Å². The monoisotopic (exact) mass is 400 g/mol. The molecular formula is C20H20N2O3S2. The molecule has 1 fully saturated rings. The van der Waals surface area contributed by atoms with Gasteiger partial charge in [0.1, 0.15) is 0 Å².